The van der Waals surface area contributed by atoms with E-state index in [1.54, 1.807) is 35.8 Å². The first kappa shape index (κ1) is 21.3. The lowest BCUT2D eigenvalue weighted by atomic mass is 10.2. The number of carboxylic acid groups (broad SMARTS) is 1. The molecule has 0 radical (unpaired) electrons. The Labute approximate surface area is 177 Å². The van der Waals surface area contributed by atoms with E-state index in [9.17, 15) is 13.2 Å². The number of nitrogens with one attached hydrogen (secondary N) is 1. The van der Waals surface area contributed by atoms with Crippen molar-refractivity contribution in [3.63, 3.8) is 0 Å². The van der Waals surface area contributed by atoms with Crippen molar-refractivity contribution in [3.05, 3.63) is 70.7 Å². The second-order valence-electron chi connectivity index (χ2n) is 5.95. The number of nitrogens with zero attached hydrogens (tertiary/aromatic N) is 1. The second-order valence-corrected chi connectivity index (χ2v) is 8.32. The van der Waals surface area contributed by atoms with Crippen LogP contribution in [0.3, 0.4) is 0 Å². The number of aromatic nitrogens is 1. The van der Waals surface area contributed by atoms with Crippen LogP contribution in [0.4, 0.5) is 5.69 Å². The maximum atomic E-state index is 13.1. The average molecular weight is 447 g/mol. The molecule has 30 heavy (non-hydrogen) atoms. The summed E-state index contributed by atoms with van der Waals surface area (Å²) in [4.78, 5) is 14.7. The normalized spacial score (nSPS) is 11.4. The Bertz CT molecular complexity index is 1160. The van der Waals surface area contributed by atoms with Crippen molar-refractivity contribution in [2.45, 2.75) is 11.5 Å². The fraction of sp³-hybridized carbons (Fsp3) is 0.100. The lowest BCUT2D eigenvalue weighted by molar-refractivity contribution is -0.131. The van der Waals surface area contributed by atoms with Crippen molar-refractivity contribution in [3.8, 4) is 11.5 Å². The van der Waals surface area contributed by atoms with Gasteiger partial charge in [-0.05, 0) is 35.9 Å². The molecule has 3 aromatic rings. The van der Waals surface area contributed by atoms with Crippen LogP contribution in [0.5, 0.6) is 11.5 Å². The third-order valence-corrected chi connectivity index (χ3v) is 5.91. The molecule has 0 bridgehead atoms. The summed E-state index contributed by atoms with van der Waals surface area (Å²) in [7, 11) is -2.71. The third kappa shape index (κ3) is 5.37. The zero-order chi connectivity index (χ0) is 21.6. The molecule has 0 amide bonds. The van der Waals surface area contributed by atoms with Crippen molar-refractivity contribution in [1.82, 2.24) is 4.98 Å². The Morgan fingerprint density at radius 2 is 2.03 bits per heavy atom. The molecular formula is C20H18N2O6S2. The van der Waals surface area contributed by atoms with Crippen molar-refractivity contribution < 1.29 is 27.8 Å². The highest BCUT2D eigenvalue weighted by Gasteiger charge is 2.21. The monoisotopic (exact) mass is 446 g/mol. The molecule has 1 aromatic heterocycles. The number of hydrogen-bond acceptors (Lipinski definition) is 7. The van der Waals surface area contributed by atoms with Crippen LogP contribution in [0.25, 0.3) is 6.08 Å². The first-order valence-corrected chi connectivity index (χ1v) is 11.0. The summed E-state index contributed by atoms with van der Waals surface area (Å²) in [5.74, 6) is -0.676. The molecule has 0 atom stereocenters. The molecule has 10 heteroatoms. The Hall–Kier alpha value is -3.37. The molecule has 0 saturated heterocycles. The highest BCUT2D eigenvalue weighted by atomic mass is 32.2. The van der Waals surface area contributed by atoms with E-state index < -0.39 is 16.0 Å². The fourth-order valence-electron chi connectivity index (χ4n) is 2.51. The smallest absolute Gasteiger partial charge is 0.328 e. The number of benzene rings is 2. The standard InChI is InChI=1S/C20H18N2O6S2/c1-27-18-8-6-14(7-9-20(23)24)10-19(18)30(25,26)22-16-4-2-3-5-17(16)28-11-15-12-29-13-21-15/h2-10,12-13,22H,11H2,1H3,(H,23,24)/b9-7+. The predicted octanol–water partition coefficient (Wildman–Crippen LogP) is 3.63. The van der Waals surface area contributed by atoms with Crippen molar-refractivity contribution in [2.75, 3.05) is 11.8 Å². The zero-order valence-corrected chi connectivity index (χ0v) is 17.4. The number of rotatable bonds is 9. The van der Waals surface area contributed by atoms with Crippen molar-refractivity contribution in [2.24, 2.45) is 0 Å². The number of thiazole rings is 1. The maximum Gasteiger partial charge on any atom is 0.328 e. The molecule has 0 aliphatic carbocycles. The topological polar surface area (TPSA) is 115 Å². The third-order valence-electron chi connectivity index (χ3n) is 3.89. The van der Waals surface area contributed by atoms with Crippen LogP contribution in [-0.2, 0) is 21.4 Å². The molecule has 156 valence electrons. The molecule has 0 fully saturated rings. The molecule has 0 unspecified atom stereocenters. The first-order chi connectivity index (χ1) is 14.4. The largest absolute Gasteiger partial charge is 0.495 e. The van der Waals surface area contributed by atoms with Crippen LogP contribution in [0.15, 0.2) is 64.3 Å². The van der Waals surface area contributed by atoms with Crippen molar-refractivity contribution in [1.29, 1.82) is 0 Å². The number of aliphatic carboxylic acids is 1. The van der Waals surface area contributed by atoms with Crippen LogP contribution >= 0.6 is 11.3 Å². The highest BCUT2D eigenvalue weighted by molar-refractivity contribution is 7.92. The number of hydrogen-bond donors (Lipinski definition) is 2. The molecule has 0 spiro atoms. The van der Waals surface area contributed by atoms with E-state index in [1.165, 1.54) is 36.7 Å². The van der Waals surface area contributed by atoms with Crippen LogP contribution in [0.1, 0.15) is 11.3 Å². The summed E-state index contributed by atoms with van der Waals surface area (Å²) >= 11 is 1.44. The van der Waals surface area contributed by atoms with Crippen LogP contribution in [0, 0.1) is 0 Å². The van der Waals surface area contributed by atoms with E-state index in [1.807, 2.05) is 5.38 Å². The number of ether oxygens (including phenoxy) is 2. The molecule has 0 aliphatic heterocycles. The molecule has 0 aliphatic rings. The SMILES string of the molecule is COc1ccc(/C=C/C(=O)O)cc1S(=O)(=O)Nc1ccccc1OCc1cscn1. The minimum atomic E-state index is -4.06. The number of sulfonamides is 1. The maximum absolute atomic E-state index is 13.1. The second kappa shape index (κ2) is 9.42. The van der Waals surface area contributed by atoms with Gasteiger partial charge in [-0.1, -0.05) is 18.2 Å². The zero-order valence-electron chi connectivity index (χ0n) is 15.8. The van der Waals surface area contributed by atoms with Gasteiger partial charge in [-0.15, -0.1) is 11.3 Å². The number of carbonyl (C=O) groups is 1. The number of carboxylic acids is 1. The molecule has 2 N–H and O–H groups in total. The van der Waals surface area contributed by atoms with Gasteiger partial charge >= 0.3 is 5.97 Å². The van der Waals surface area contributed by atoms with Gasteiger partial charge in [0.25, 0.3) is 10.0 Å². The molecule has 1 heterocycles. The van der Waals surface area contributed by atoms with Crippen LogP contribution in [-0.4, -0.2) is 31.6 Å². The molecule has 8 nitrogen and oxygen atoms in total. The average Bonchev–Trinajstić information content (AvgIpc) is 3.25. The summed E-state index contributed by atoms with van der Waals surface area (Å²) in [6.45, 7) is 0.195. The van der Waals surface area contributed by atoms with Crippen LogP contribution < -0.4 is 14.2 Å². The van der Waals surface area contributed by atoms with Gasteiger partial charge in [-0.3, -0.25) is 4.72 Å². The Balaban J connectivity index is 1.89. The van der Waals surface area contributed by atoms with E-state index in [0.29, 0.717) is 11.3 Å². The van der Waals surface area contributed by atoms with E-state index in [2.05, 4.69) is 9.71 Å². The lowest BCUT2D eigenvalue weighted by Gasteiger charge is -2.15. The van der Waals surface area contributed by atoms with Gasteiger partial charge in [-0.2, -0.15) is 0 Å². The molecule has 0 saturated carbocycles. The van der Waals surface area contributed by atoms with Gasteiger partial charge in [0.2, 0.25) is 0 Å². The number of para-hydroxylation sites is 2. The van der Waals surface area contributed by atoms with Crippen LogP contribution in [0.2, 0.25) is 0 Å². The van der Waals surface area contributed by atoms with Crippen molar-refractivity contribution >= 4 is 39.1 Å². The number of methoxy groups -OCH3 is 1. The van der Waals surface area contributed by atoms with E-state index >= 15 is 0 Å². The number of anilines is 1. The van der Waals surface area contributed by atoms with E-state index in [0.717, 1.165) is 11.8 Å². The summed E-state index contributed by atoms with van der Waals surface area (Å²) in [6.07, 6.45) is 2.22. The Morgan fingerprint density at radius 3 is 2.73 bits per heavy atom. The summed E-state index contributed by atoms with van der Waals surface area (Å²) in [5, 5.41) is 10.6. The predicted molar refractivity (Wildman–Crippen MR) is 113 cm³/mol. The highest BCUT2D eigenvalue weighted by Crippen LogP contribution is 2.31. The Morgan fingerprint density at radius 1 is 1.23 bits per heavy atom. The Kier molecular flexibility index (Phi) is 6.70. The minimum absolute atomic E-state index is 0.121. The van der Waals surface area contributed by atoms with E-state index in [4.69, 9.17) is 14.6 Å². The summed E-state index contributed by atoms with van der Waals surface area (Å²) in [5.41, 5.74) is 3.07. The summed E-state index contributed by atoms with van der Waals surface area (Å²) < 4.78 is 39.5. The van der Waals surface area contributed by atoms with Gasteiger partial charge in [-0.25, -0.2) is 18.2 Å². The van der Waals surface area contributed by atoms with Gasteiger partial charge in [0, 0.05) is 11.5 Å². The van der Waals surface area contributed by atoms with Gasteiger partial charge in [0.15, 0.2) is 0 Å². The molecule has 2 aromatic carbocycles. The lowest BCUT2D eigenvalue weighted by Crippen LogP contribution is -2.15. The van der Waals surface area contributed by atoms with Gasteiger partial charge < -0.3 is 14.6 Å². The molecular weight excluding hydrogens is 428 g/mol. The van der Waals surface area contributed by atoms with E-state index in [-0.39, 0.29) is 22.9 Å². The minimum Gasteiger partial charge on any atom is -0.495 e. The fourth-order valence-corrected chi connectivity index (χ4v) is 4.33. The first-order valence-electron chi connectivity index (χ1n) is 8.60. The van der Waals surface area contributed by atoms with Gasteiger partial charge in [0.1, 0.15) is 23.0 Å². The molecule has 3 rings (SSSR count). The van der Waals surface area contributed by atoms with Gasteiger partial charge in [0.05, 0.1) is 24.0 Å². The quantitative estimate of drug-likeness (QED) is 0.482. The summed E-state index contributed by atoms with van der Waals surface area (Å²) in [6, 6.07) is 11.0.